The molecule has 0 bridgehead atoms. The van der Waals surface area contributed by atoms with E-state index in [0.717, 1.165) is 16.5 Å². The summed E-state index contributed by atoms with van der Waals surface area (Å²) in [6, 6.07) is 20.9. The second kappa shape index (κ2) is 8.31. The fourth-order valence-corrected chi connectivity index (χ4v) is 2.76. The van der Waals surface area contributed by atoms with E-state index in [-0.39, 0.29) is 17.6 Å². The van der Waals surface area contributed by atoms with Gasteiger partial charge in [0, 0.05) is 11.1 Å². The predicted octanol–water partition coefficient (Wildman–Crippen LogP) is 3.74. The first kappa shape index (κ1) is 17.7. The summed E-state index contributed by atoms with van der Waals surface area (Å²) in [6.07, 6.45) is 0. The number of rotatable bonds is 5. The van der Waals surface area contributed by atoms with Gasteiger partial charge in [0.1, 0.15) is 0 Å². The Balaban J connectivity index is 1.58. The summed E-state index contributed by atoms with van der Waals surface area (Å²) in [7, 11) is 1.55. The zero-order valence-electron chi connectivity index (χ0n) is 14.2. The molecule has 6 heteroatoms. The second-order valence-electron chi connectivity index (χ2n) is 5.47. The fraction of sp³-hybridized carbons (Fsp3) is 0.100. The number of fused-ring (bicyclic) bond motifs is 1. The molecule has 26 heavy (non-hydrogen) atoms. The molecular weight excluding hydrogens is 348 g/mol. The number of hydrogen-bond acceptors (Lipinski definition) is 4. The van der Waals surface area contributed by atoms with Gasteiger partial charge in [0.25, 0.3) is 5.91 Å². The molecule has 0 unspecified atom stereocenters. The number of nitrogens with one attached hydrogen (secondary N) is 2. The molecule has 1 amide bonds. The molecule has 0 atom stereocenters. The number of thiocarbonyl (C=S) groups is 1. The number of para-hydroxylation sites is 2. The van der Waals surface area contributed by atoms with Crippen LogP contribution in [0, 0.1) is 0 Å². The Hall–Kier alpha value is -3.12. The topological polar surface area (TPSA) is 59.6 Å². The summed E-state index contributed by atoms with van der Waals surface area (Å²) in [4.78, 5) is 12.1. The van der Waals surface area contributed by atoms with Crippen LogP contribution in [0.1, 0.15) is 0 Å². The van der Waals surface area contributed by atoms with E-state index in [0.29, 0.717) is 11.5 Å². The first-order valence-corrected chi connectivity index (χ1v) is 8.42. The molecular formula is C20H18N2O3S. The fourth-order valence-electron chi connectivity index (χ4n) is 2.53. The Morgan fingerprint density at radius 1 is 0.962 bits per heavy atom. The number of carbonyl (C=O) groups is 1. The van der Waals surface area contributed by atoms with Crippen LogP contribution in [-0.4, -0.2) is 24.7 Å². The third-order valence-electron chi connectivity index (χ3n) is 3.72. The highest BCUT2D eigenvalue weighted by molar-refractivity contribution is 7.80. The van der Waals surface area contributed by atoms with E-state index in [1.165, 1.54) is 0 Å². The van der Waals surface area contributed by atoms with Crippen molar-refractivity contribution in [1.82, 2.24) is 5.32 Å². The van der Waals surface area contributed by atoms with Gasteiger partial charge in [-0.2, -0.15) is 0 Å². The zero-order valence-corrected chi connectivity index (χ0v) is 15.0. The second-order valence-corrected chi connectivity index (χ2v) is 5.88. The number of benzene rings is 3. The summed E-state index contributed by atoms with van der Waals surface area (Å²) >= 11 is 5.23. The van der Waals surface area contributed by atoms with E-state index in [2.05, 4.69) is 10.6 Å². The SMILES string of the molecule is COc1ccccc1OCC(=O)NC(=S)Nc1cccc2ccccc12. The summed E-state index contributed by atoms with van der Waals surface area (Å²) in [5, 5.41) is 8.00. The Morgan fingerprint density at radius 3 is 2.46 bits per heavy atom. The minimum Gasteiger partial charge on any atom is -0.493 e. The van der Waals surface area contributed by atoms with Gasteiger partial charge in [0.2, 0.25) is 0 Å². The van der Waals surface area contributed by atoms with Crippen molar-refractivity contribution >= 4 is 39.7 Å². The summed E-state index contributed by atoms with van der Waals surface area (Å²) < 4.78 is 10.7. The number of methoxy groups -OCH3 is 1. The molecule has 2 N–H and O–H groups in total. The van der Waals surface area contributed by atoms with Crippen LogP contribution in [0.5, 0.6) is 11.5 Å². The van der Waals surface area contributed by atoms with Crippen molar-refractivity contribution in [3.8, 4) is 11.5 Å². The molecule has 5 nitrogen and oxygen atoms in total. The molecule has 0 aromatic heterocycles. The molecule has 0 aliphatic rings. The van der Waals surface area contributed by atoms with Crippen LogP contribution in [0.15, 0.2) is 66.7 Å². The van der Waals surface area contributed by atoms with E-state index in [1.807, 2.05) is 54.6 Å². The van der Waals surface area contributed by atoms with Crippen LogP contribution >= 0.6 is 12.2 Å². The van der Waals surface area contributed by atoms with Gasteiger partial charge in [-0.15, -0.1) is 0 Å². The molecule has 0 saturated heterocycles. The average molecular weight is 366 g/mol. The normalized spacial score (nSPS) is 10.2. The highest BCUT2D eigenvalue weighted by Gasteiger charge is 2.09. The number of anilines is 1. The smallest absolute Gasteiger partial charge is 0.264 e. The molecule has 0 aliphatic carbocycles. The Morgan fingerprint density at radius 2 is 1.65 bits per heavy atom. The molecule has 0 aliphatic heterocycles. The minimum atomic E-state index is -0.353. The van der Waals surface area contributed by atoms with Crippen LogP contribution in [0.3, 0.4) is 0 Å². The number of amides is 1. The van der Waals surface area contributed by atoms with Crippen molar-refractivity contribution in [1.29, 1.82) is 0 Å². The maximum absolute atomic E-state index is 12.1. The van der Waals surface area contributed by atoms with Crippen LogP contribution in [-0.2, 0) is 4.79 Å². The van der Waals surface area contributed by atoms with Crippen molar-refractivity contribution in [2.45, 2.75) is 0 Å². The lowest BCUT2D eigenvalue weighted by Gasteiger charge is -2.13. The van der Waals surface area contributed by atoms with Gasteiger partial charge in [-0.1, -0.05) is 48.5 Å². The minimum absolute atomic E-state index is 0.169. The van der Waals surface area contributed by atoms with Gasteiger partial charge in [0.05, 0.1) is 7.11 Å². The summed E-state index contributed by atoms with van der Waals surface area (Å²) in [6.45, 7) is -0.169. The third-order valence-corrected chi connectivity index (χ3v) is 3.92. The molecule has 0 heterocycles. The quantitative estimate of drug-likeness (QED) is 0.674. The molecule has 132 valence electrons. The third kappa shape index (κ3) is 4.29. The van der Waals surface area contributed by atoms with Crippen molar-refractivity contribution in [2.24, 2.45) is 0 Å². The maximum Gasteiger partial charge on any atom is 0.264 e. The number of carbonyl (C=O) groups excluding carboxylic acids is 1. The molecule has 0 radical (unpaired) electrons. The van der Waals surface area contributed by atoms with Crippen molar-refractivity contribution < 1.29 is 14.3 Å². The van der Waals surface area contributed by atoms with E-state index >= 15 is 0 Å². The largest absolute Gasteiger partial charge is 0.493 e. The molecule has 0 saturated carbocycles. The monoisotopic (exact) mass is 366 g/mol. The van der Waals surface area contributed by atoms with Gasteiger partial charge in [-0.3, -0.25) is 10.1 Å². The van der Waals surface area contributed by atoms with E-state index in [4.69, 9.17) is 21.7 Å². The van der Waals surface area contributed by atoms with Gasteiger partial charge in [-0.25, -0.2) is 0 Å². The molecule has 0 fully saturated rings. The van der Waals surface area contributed by atoms with Gasteiger partial charge in [0.15, 0.2) is 23.2 Å². The molecule has 0 spiro atoms. The predicted molar refractivity (Wildman–Crippen MR) is 107 cm³/mol. The van der Waals surface area contributed by atoms with Gasteiger partial charge < -0.3 is 14.8 Å². The Labute approximate surface area is 156 Å². The standard InChI is InChI=1S/C20H18N2O3S/c1-24-17-11-4-5-12-18(17)25-13-19(23)22-20(26)21-16-10-6-8-14-7-2-3-9-15(14)16/h2-12H,13H2,1H3,(H2,21,22,23,26). The Kier molecular flexibility index (Phi) is 5.66. The molecule has 3 aromatic carbocycles. The lowest BCUT2D eigenvalue weighted by molar-refractivity contribution is -0.121. The van der Waals surface area contributed by atoms with Crippen molar-refractivity contribution in [3.63, 3.8) is 0 Å². The highest BCUT2D eigenvalue weighted by atomic mass is 32.1. The molecule has 3 rings (SSSR count). The lowest BCUT2D eigenvalue weighted by atomic mass is 10.1. The van der Waals surface area contributed by atoms with Gasteiger partial charge >= 0.3 is 0 Å². The van der Waals surface area contributed by atoms with E-state index < -0.39 is 0 Å². The van der Waals surface area contributed by atoms with E-state index in [9.17, 15) is 4.79 Å². The zero-order chi connectivity index (χ0) is 18.4. The summed E-state index contributed by atoms with van der Waals surface area (Å²) in [5.41, 5.74) is 0.832. The summed E-state index contributed by atoms with van der Waals surface area (Å²) in [5.74, 6) is 0.712. The average Bonchev–Trinajstić information content (AvgIpc) is 2.67. The first-order chi connectivity index (χ1) is 12.7. The Bertz CT molecular complexity index is 938. The highest BCUT2D eigenvalue weighted by Crippen LogP contribution is 2.25. The maximum atomic E-state index is 12.1. The van der Waals surface area contributed by atoms with Crippen LogP contribution in [0.2, 0.25) is 0 Å². The van der Waals surface area contributed by atoms with Crippen molar-refractivity contribution in [2.75, 3.05) is 19.0 Å². The van der Waals surface area contributed by atoms with Crippen LogP contribution in [0.25, 0.3) is 10.8 Å². The number of ether oxygens (including phenoxy) is 2. The van der Waals surface area contributed by atoms with Crippen molar-refractivity contribution in [3.05, 3.63) is 66.7 Å². The van der Waals surface area contributed by atoms with Crippen LogP contribution in [0.4, 0.5) is 5.69 Å². The van der Waals surface area contributed by atoms with Crippen LogP contribution < -0.4 is 20.1 Å². The number of hydrogen-bond donors (Lipinski definition) is 2. The van der Waals surface area contributed by atoms with E-state index in [1.54, 1.807) is 19.2 Å². The first-order valence-electron chi connectivity index (χ1n) is 8.02. The lowest BCUT2D eigenvalue weighted by Crippen LogP contribution is -2.37. The molecule has 3 aromatic rings. The van der Waals surface area contributed by atoms with Gasteiger partial charge in [-0.05, 0) is 35.8 Å².